The second-order valence-electron chi connectivity index (χ2n) is 16.0. The molecule has 6 aromatic carbocycles. The molecule has 1 aliphatic heterocycles. The molecule has 0 spiro atoms. The van der Waals surface area contributed by atoms with Gasteiger partial charge in [0.1, 0.15) is 0 Å². The van der Waals surface area contributed by atoms with Crippen molar-refractivity contribution >= 4 is 61.0 Å². The number of hydrogen-bond donors (Lipinski definition) is 0. The van der Waals surface area contributed by atoms with Gasteiger partial charge in [-0.25, -0.2) is 0 Å². The Balaban J connectivity index is 0.000000169. The zero-order chi connectivity index (χ0) is 38.4. The van der Waals surface area contributed by atoms with Crippen LogP contribution in [0.1, 0.15) is 101 Å². The van der Waals surface area contributed by atoms with E-state index in [1.165, 1.54) is 71.9 Å². The van der Waals surface area contributed by atoms with Crippen molar-refractivity contribution < 1.29 is 31.5 Å². The van der Waals surface area contributed by atoms with Gasteiger partial charge in [-0.1, -0.05) is 168 Å². The Hall–Kier alpha value is -5.22. The molecule has 0 radical (unpaired) electrons. The van der Waals surface area contributed by atoms with Gasteiger partial charge in [0.05, 0.1) is 11.0 Å². The molecule has 0 fully saturated rings. The van der Waals surface area contributed by atoms with Crippen LogP contribution >= 0.6 is 0 Å². The minimum Gasteiger partial charge on any atom is -0.657 e. The van der Waals surface area contributed by atoms with Gasteiger partial charge in [-0.15, -0.1) is 11.0 Å². The van der Waals surface area contributed by atoms with Crippen molar-refractivity contribution in [1.29, 1.82) is 0 Å². The Bertz CT molecular complexity index is 2640. The SMILES string of the molecule is CC(C)c1cccc(C(C)C)c1[N+]1=C=[N+](c2c(C(C)C)cccc2C(C)C)C=C1.[Au+].c1ccc2c(c1)[n-]c1ccc(-n3c4ccccc4c4ccccc43)cc12. The maximum atomic E-state index is 4.75. The van der Waals surface area contributed by atoms with Crippen molar-refractivity contribution in [1.82, 2.24) is 9.55 Å². The summed E-state index contributed by atoms with van der Waals surface area (Å²) >= 11 is 0. The molecule has 0 unspecified atom stereocenters. The molecule has 4 nitrogen and oxygen atoms in total. The zero-order valence-corrected chi connectivity index (χ0v) is 35.8. The number of aromatic nitrogens is 2. The third kappa shape index (κ3) is 7.04. The maximum absolute atomic E-state index is 4.75. The van der Waals surface area contributed by atoms with E-state index in [-0.39, 0.29) is 22.4 Å². The minimum absolute atomic E-state index is 0. The molecule has 5 heteroatoms. The molecular formula is C51H51AuN4+2. The summed E-state index contributed by atoms with van der Waals surface area (Å²) in [6, 6.07) is 49.2. The number of benzene rings is 6. The Morgan fingerprint density at radius 2 is 0.857 bits per heavy atom. The predicted molar refractivity (Wildman–Crippen MR) is 232 cm³/mol. The van der Waals surface area contributed by atoms with Crippen molar-refractivity contribution in [3.05, 3.63) is 162 Å². The predicted octanol–water partition coefficient (Wildman–Crippen LogP) is 13.9. The third-order valence-electron chi connectivity index (χ3n) is 11.0. The molecule has 0 amide bonds. The van der Waals surface area contributed by atoms with Crippen LogP contribution in [-0.2, 0) is 22.4 Å². The van der Waals surface area contributed by atoms with Gasteiger partial charge in [-0.2, -0.15) is 0 Å². The second kappa shape index (κ2) is 16.1. The number of rotatable bonds is 7. The molecule has 0 N–H and O–H groups in total. The standard InChI is InChI=1S/C27H36N2.C24H15N2.Au/c1-18(2)22-11-9-12-23(19(3)4)26(22)28-15-16-29(17-28)27-24(20(5)6)13-10-14-25(27)21(7)8;1-4-10-21-17(7-1)20-15-16(13-14-22(20)25-21)26-23-11-5-2-8-18(23)19-9-3-6-12-24(19)26;/h9-16,18-21H,1-8H3;1-15H;/q+2;-1;+1. The Morgan fingerprint density at radius 3 is 1.32 bits per heavy atom. The van der Waals surface area contributed by atoms with E-state index in [4.69, 9.17) is 4.98 Å². The molecule has 56 heavy (non-hydrogen) atoms. The van der Waals surface area contributed by atoms with E-state index in [9.17, 15) is 0 Å². The van der Waals surface area contributed by atoms with Gasteiger partial charge in [0.15, 0.2) is 0 Å². The molecule has 284 valence electrons. The quantitative estimate of drug-likeness (QED) is 0.115. The smallest absolute Gasteiger partial charge is 0.657 e. The van der Waals surface area contributed by atoms with Gasteiger partial charge in [0.25, 0.3) is 12.4 Å². The van der Waals surface area contributed by atoms with Crippen molar-refractivity contribution in [2.75, 3.05) is 0 Å². The Labute approximate surface area is 347 Å². The van der Waals surface area contributed by atoms with E-state index < -0.39 is 0 Å². The van der Waals surface area contributed by atoms with Crippen LogP contribution in [-0.4, -0.2) is 19.7 Å². The van der Waals surface area contributed by atoms with Gasteiger partial charge < -0.3 is 9.55 Å². The molecule has 8 aromatic rings. The summed E-state index contributed by atoms with van der Waals surface area (Å²) in [5.74, 6) is 1.84. The number of nitrogens with zero attached hydrogens (tertiary/aromatic N) is 4. The van der Waals surface area contributed by atoms with E-state index >= 15 is 0 Å². The van der Waals surface area contributed by atoms with Gasteiger partial charge >= 0.3 is 28.4 Å². The van der Waals surface area contributed by atoms with Crippen LogP contribution in [0.5, 0.6) is 0 Å². The van der Waals surface area contributed by atoms with E-state index in [0.717, 1.165) is 11.0 Å². The van der Waals surface area contributed by atoms with Crippen molar-refractivity contribution in [2.24, 2.45) is 0 Å². The second-order valence-corrected chi connectivity index (χ2v) is 16.0. The number of hydrogen-bond acceptors (Lipinski definition) is 0. The fourth-order valence-electron chi connectivity index (χ4n) is 8.25. The summed E-state index contributed by atoms with van der Waals surface area (Å²) in [7, 11) is 0. The monoisotopic (exact) mass is 916 g/mol. The third-order valence-corrected chi connectivity index (χ3v) is 11.0. The molecule has 0 atom stereocenters. The average molecular weight is 917 g/mol. The molecule has 2 aromatic heterocycles. The number of para-hydroxylation sites is 5. The summed E-state index contributed by atoms with van der Waals surface area (Å²) in [4.78, 5) is 4.75. The van der Waals surface area contributed by atoms with Crippen LogP contribution < -0.4 is 4.98 Å². The summed E-state index contributed by atoms with van der Waals surface area (Å²) in [6.07, 6.45) is 4.32. The molecule has 3 heterocycles. The number of fused-ring (bicyclic) bond motifs is 6. The summed E-state index contributed by atoms with van der Waals surface area (Å²) in [5, 5.41) is 4.99. The molecule has 1 aliphatic rings. The van der Waals surface area contributed by atoms with Crippen molar-refractivity contribution in [2.45, 2.75) is 79.1 Å². The molecular weight excluding hydrogens is 866 g/mol. The molecule has 0 saturated heterocycles. The van der Waals surface area contributed by atoms with E-state index in [1.807, 2.05) is 6.07 Å². The minimum atomic E-state index is 0. The molecule has 9 rings (SSSR count). The molecule has 0 bridgehead atoms. The summed E-state index contributed by atoms with van der Waals surface area (Å²) in [5.41, 5.74) is 13.8. The largest absolute Gasteiger partial charge is 1.00 e. The van der Waals surface area contributed by atoms with Crippen LogP contribution in [0.15, 0.2) is 140 Å². The van der Waals surface area contributed by atoms with Crippen LogP contribution in [0, 0.1) is 0 Å². The molecule has 0 aliphatic carbocycles. The van der Waals surface area contributed by atoms with Gasteiger partial charge in [0.2, 0.25) is 11.4 Å². The van der Waals surface area contributed by atoms with Gasteiger partial charge in [-0.05, 0) is 58.7 Å². The Morgan fingerprint density at radius 1 is 0.446 bits per heavy atom. The molecule has 0 saturated carbocycles. The average Bonchev–Trinajstić information content (AvgIpc) is 3.91. The maximum Gasteiger partial charge on any atom is 1.00 e. The fraction of sp³-hybridized carbons (Fsp3) is 0.235. The first-order valence-corrected chi connectivity index (χ1v) is 19.8. The zero-order valence-electron chi connectivity index (χ0n) is 33.7. The van der Waals surface area contributed by atoms with Crippen LogP contribution in [0.4, 0.5) is 11.4 Å². The van der Waals surface area contributed by atoms with Crippen LogP contribution in [0.3, 0.4) is 0 Å². The van der Waals surface area contributed by atoms with Crippen LogP contribution in [0.2, 0.25) is 0 Å². The van der Waals surface area contributed by atoms with E-state index in [0.29, 0.717) is 23.7 Å². The van der Waals surface area contributed by atoms with Crippen molar-refractivity contribution in [3.8, 4) is 5.69 Å². The Kier molecular flexibility index (Phi) is 11.2. The summed E-state index contributed by atoms with van der Waals surface area (Å²) < 4.78 is 6.75. The van der Waals surface area contributed by atoms with Crippen LogP contribution in [0.25, 0.3) is 49.3 Å². The normalized spacial score (nSPS) is 12.6. The first kappa shape index (κ1) is 39.0. The van der Waals surface area contributed by atoms with Gasteiger partial charge in [-0.3, -0.25) is 0 Å². The van der Waals surface area contributed by atoms with Gasteiger partial charge in [0, 0.05) is 38.7 Å². The first-order chi connectivity index (χ1) is 26.6. The summed E-state index contributed by atoms with van der Waals surface area (Å²) in [6.45, 7) is 18.2. The first-order valence-electron chi connectivity index (χ1n) is 19.8. The van der Waals surface area contributed by atoms with E-state index in [2.05, 4.69) is 209 Å². The fourth-order valence-corrected chi connectivity index (χ4v) is 8.25. The van der Waals surface area contributed by atoms with E-state index in [1.54, 1.807) is 0 Å². The van der Waals surface area contributed by atoms with Crippen molar-refractivity contribution in [3.63, 3.8) is 0 Å². The topological polar surface area (TPSA) is 25.1 Å².